The number of para-hydroxylation sites is 1. The van der Waals surface area contributed by atoms with Gasteiger partial charge >= 0.3 is 0 Å². The van der Waals surface area contributed by atoms with Gasteiger partial charge in [-0.1, -0.05) is 69.5 Å². The summed E-state index contributed by atoms with van der Waals surface area (Å²) in [7, 11) is 0. The van der Waals surface area contributed by atoms with Crippen LogP contribution in [0.4, 0.5) is 0 Å². The lowest BCUT2D eigenvalue weighted by molar-refractivity contribution is 0.585. The molecule has 0 saturated heterocycles. The van der Waals surface area contributed by atoms with E-state index in [0.29, 0.717) is 5.92 Å². The van der Waals surface area contributed by atoms with E-state index in [1.54, 1.807) is 0 Å². The van der Waals surface area contributed by atoms with Crippen LogP contribution in [0.1, 0.15) is 26.7 Å². The van der Waals surface area contributed by atoms with Crippen LogP contribution in [0.2, 0.25) is 0 Å². The van der Waals surface area contributed by atoms with E-state index < -0.39 is 0 Å². The van der Waals surface area contributed by atoms with Gasteiger partial charge in [-0.15, -0.1) is 0 Å². The Labute approximate surface area is 160 Å². The molecule has 1 aliphatic heterocycles. The summed E-state index contributed by atoms with van der Waals surface area (Å²) in [6, 6.07) is 8.61. The number of rotatable bonds is 2. The number of allylic oxidation sites excluding steroid dienone is 3. The Hall–Kier alpha value is -2.87. The predicted molar refractivity (Wildman–Crippen MR) is 118 cm³/mol. The van der Waals surface area contributed by atoms with Crippen molar-refractivity contribution in [1.29, 1.82) is 0 Å². The van der Waals surface area contributed by atoms with Crippen LogP contribution in [0.15, 0.2) is 71.8 Å². The predicted octanol–water partition coefficient (Wildman–Crippen LogP) is 4.61. The topological polar surface area (TPSA) is 17.3 Å². The molecule has 0 unspecified atom stereocenters. The number of hydrogen-bond donors (Lipinski definition) is 0. The highest BCUT2D eigenvalue weighted by Crippen LogP contribution is 2.33. The van der Waals surface area contributed by atoms with Crippen LogP contribution in [-0.2, 0) is 0 Å². The first-order valence-corrected chi connectivity index (χ1v) is 9.69. The lowest BCUT2D eigenvalue weighted by Crippen LogP contribution is -2.30. The van der Waals surface area contributed by atoms with E-state index in [0.717, 1.165) is 45.9 Å². The molecule has 0 radical (unpaired) electrons. The third-order valence-corrected chi connectivity index (χ3v) is 5.70. The molecule has 0 saturated carbocycles. The van der Waals surface area contributed by atoms with Gasteiger partial charge in [0.25, 0.3) is 0 Å². The zero-order chi connectivity index (χ0) is 19.1. The van der Waals surface area contributed by atoms with Crippen molar-refractivity contribution in [2.45, 2.75) is 32.7 Å². The summed E-state index contributed by atoms with van der Waals surface area (Å²) in [5.74, 6) is 0.343. The van der Waals surface area contributed by atoms with Gasteiger partial charge < -0.3 is 4.57 Å². The van der Waals surface area contributed by atoms with Crippen LogP contribution in [0.3, 0.4) is 0 Å². The molecule has 136 valence electrons. The van der Waals surface area contributed by atoms with Crippen molar-refractivity contribution >= 4 is 35.0 Å². The second kappa shape index (κ2) is 6.70. The maximum atomic E-state index is 5.04. The van der Waals surface area contributed by atoms with Crippen LogP contribution in [0.5, 0.6) is 0 Å². The number of aromatic nitrogens is 1. The first-order valence-electron chi connectivity index (χ1n) is 9.69. The van der Waals surface area contributed by atoms with E-state index in [1.165, 1.54) is 11.0 Å². The van der Waals surface area contributed by atoms with Crippen molar-refractivity contribution in [2.24, 2.45) is 10.9 Å². The maximum Gasteiger partial charge on any atom is 0.0783 e. The molecule has 2 bridgehead atoms. The third-order valence-electron chi connectivity index (χ3n) is 5.70. The van der Waals surface area contributed by atoms with Crippen molar-refractivity contribution in [3.8, 4) is 0 Å². The van der Waals surface area contributed by atoms with Gasteiger partial charge in [0.15, 0.2) is 0 Å². The molecule has 0 spiro atoms. The molecule has 2 heteroatoms. The monoisotopic (exact) mass is 354 g/mol. The standard InChI is InChI=1S/C25H26N2/c1-6-19-15-17(4)27-18(5)22(21-10-8-9-11-25(21)27)14-16(3)23(7-2)26-24-13-12-20(19)24/h8-15,20,24H,3-7H2,1-2H3/b19-15+,22-14+,26-23-/t20-,24-/m0/s1. The fourth-order valence-corrected chi connectivity index (χ4v) is 4.15. The number of benzene rings is 1. The molecule has 2 aromatic rings. The highest BCUT2D eigenvalue weighted by atomic mass is 15.0. The molecule has 2 atom stereocenters. The fourth-order valence-electron chi connectivity index (χ4n) is 4.15. The Morgan fingerprint density at radius 2 is 1.78 bits per heavy atom. The van der Waals surface area contributed by atoms with Crippen LogP contribution >= 0.6 is 0 Å². The second-order valence-corrected chi connectivity index (χ2v) is 7.28. The van der Waals surface area contributed by atoms with Crippen LogP contribution in [-0.4, -0.2) is 16.3 Å². The van der Waals surface area contributed by atoms with Gasteiger partial charge in [0, 0.05) is 33.3 Å². The third kappa shape index (κ3) is 2.76. The number of hydrogen-bond acceptors (Lipinski definition) is 1. The van der Waals surface area contributed by atoms with Crippen molar-refractivity contribution in [3.05, 3.63) is 77.4 Å². The van der Waals surface area contributed by atoms with E-state index >= 15 is 0 Å². The van der Waals surface area contributed by atoms with Gasteiger partial charge in [0.1, 0.15) is 0 Å². The molecular formula is C25H26N2. The molecule has 1 aromatic heterocycles. The zero-order valence-corrected chi connectivity index (χ0v) is 16.2. The van der Waals surface area contributed by atoms with E-state index in [1.807, 2.05) is 0 Å². The fraction of sp³-hybridized carbons (Fsp3) is 0.240. The summed E-state index contributed by atoms with van der Waals surface area (Å²) in [6.45, 7) is 17.5. The Morgan fingerprint density at radius 3 is 2.44 bits per heavy atom. The molecule has 0 amide bonds. The minimum atomic E-state index is 0.201. The quantitative estimate of drug-likeness (QED) is 0.701. The van der Waals surface area contributed by atoms with Gasteiger partial charge in [0.05, 0.1) is 11.6 Å². The lowest BCUT2D eigenvalue weighted by atomic mass is 9.81. The molecule has 2 nitrogen and oxygen atoms in total. The summed E-state index contributed by atoms with van der Waals surface area (Å²) in [5.41, 5.74) is 5.49. The SMILES string of the molecule is C=C1/C=c2\c(=C)n(c3ccccc23)C(=C)/C=C(\CC)[C@@H]2C=C[C@@H]2/N=C\1CC. The Morgan fingerprint density at radius 1 is 1.00 bits per heavy atom. The number of aliphatic imine (C=N–C) groups is 1. The molecule has 1 aromatic carbocycles. The molecular weight excluding hydrogens is 328 g/mol. The highest BCUT2D eigenvalue weighted by molar-refractivity contribution is 6.07. The van der Waals surface area contributed by atoms with E-state index in [4.69, 9.17) is 4.99 Å². The molecule has 27 heavy (non-hydrogen) atoms. The molecule has 4 rings (SSSR count). The van der Waals surface area contributed by atoms with Gasteiger partial charge in [0.2, 0.25) is 0 Å². The van der Waals surface area contributed by atoms with Crippen molar-refractivity contribution < 1.29 is 0 Å². The normalized spacial score (nSPS) is 27.3. The molecule has 2 heterocycles. The molecule has 0 N–H and O–H groups in total. The average Bonchev–Trinajstić information content (AvgIpc) is 2.92. The molecule has 0 fully saturated rings. The summed E-state index contributed by atoms with van der Waals surface area (Å²) >= 11 is 0. The maximum absolute atomic E-state index is 5.04. The van der Waals surface area contributed by atoms with E-state index in [-0.39, 0.29) is 6.04 Å². The van der Waals surface area contributed by atoms with Gasteiger partial charge in [-0.05, 0) is 36.6 Å². The molecule has 2 aliphatic rings. The summed E-state index contributed by atoms with van der Waals surface area (Å²) in [5, 5.41) is 3.23. The smallest absolute Gasteiger partial charge is 0.0783 e. The first kappa shape index (κ1) is 17.5. The zero-order valence-electron chi connectivity index (χ0n) is 16.2. The lowest BCUT2D eigenvalue weighted by Gasteiger charge is -2.30. The summed E-state index contributed by atoms with van der Waals surface area (Å²) in [4.78, 5) is 5.04. The van der Waals surface area contributed by atoms with E-state index in [2.05, 4.69) is 86.7 Å². The Kier molecular flexibility index (Phi) is 4.35. The number of nitrogens with zero attached hydrogens (tertiary/aromatic N) is 2. The van der Waals surface area contributed by atoms with Crippen molar-refractivity contribution in [1.82, 2.24) is 4.57 Å². The van der Waals surface area contributed by atoms with Crippen molar-refractivity contribution in [2.75, 3.05) is 0 Å². The Bertz CT molecular complexity index is 1150. The van der Waals surface area contributed by atoms with Crippen LogP contribution in [0.25, 0.3) is 29.3 Å². The first-order chi connectivity index (χ1) is 13.0. The van der Waals surface area contributed by atoms with Gasteiger partial charge in [-0.2, -0.15) is 0 Å². The van der Waals surface area contributed by atoms with Crippen LogP contribution < -0.4 is 10.6 Å². The highest BCUT2D eigenvalue weighted by Gasteiger charge is 2.27. The van der Waals surface area contributed by atoms with E-state index in [9.17, 15) is 0 Å². The summed E-state index contributed by atoms with van der Waals surface area (Å²) < 4.78 is 2.17. The second-order valence-electron chi connectivity index (χ2n) is 7.28. The number of fused-ring (bicyclic) bond motifs is 6. The van der Waals surface area contributed by atoms with Gasteiger partial charge in [-0.3, -0.25) is 4.99 Å². The minimum absolute atomic E-state index is 0.201. The van der Waals surface area contributed by atoms with Gasteiger partial charge in [-0.25, -0.2) is 0 Å². The van der Waals surface area contributed by atoms with Crippen molar-refractivity contribution in [3.63, 3.8) is 0 Å². The Balaban J connectivity index is 2.08. The summed E-state index contributed by atoms with van der Waals surface area (Å²) in [6.07, 6.45) is 10.7. The average molecular weight is 354 g/mol. The molecule has 1 aliphatic carbocycles. The minimum Gasteiger partial charge on any atom is -0.310 e. The largest absolute Gasteiger partial charge is 0.310 e. The van der Waals surface area contributed by atoms with Crippen LogP contribution in [0, 0.1) is 5.92 Å².